The summed E-state index contributed by atoms with van der Waals surface area (Å²) in [5, 5.41) is 11.1. The average molecular weight is 509 g/mol. The van der Waals surface area contributed by atoms with E-state index in [4.69, 9.17) is 30.2 Å². The van der Waals surface area contributed by atoms with Crippen molar-refractivity contribution in [3.8, 4) is 28.4 Å². The molecule has 0 spiro atoms. The van der Waals surface area contributed by atoms with Crippen LogP contribution in [0.3, 0.4) is 0 Å². The van der Waals surface area contributed by atoms with Crippen LogP contribution < -0.4 is 14.2 Å². The highest BCUT2D eigenvalue weighted by Gasteiger charge is 2.31. The number of ketones is 1. The van der Waals surface area contributed by atoms with Gasteiger partial charge in [-0.1, -0.05) is 48.0 Å². The summed E-state index contributed by atoms with van der Waals surface area (Å²) in [6.07, 6.45) is 0.793. The number of rotatable bonds is 10. The van der Waals surface area contributed by atoms with Gasteiger partial charge in [-0.2, -0.15) is 0 Å². The first kappa shape index (κ1) is 25.1. The third kappa shape index (κ3) is 5.02. The lowest BCUT2D eigenvalue weighted by Crippen LogP contribution is -2.28. The van der Waals surface area contributed by atoms with Crippen LogP contribution >= 0.6 is 11.6 Å². The Balaban J connectivity index is 1.60. The molecule has 186 valence electrons. The van der Waals surface area contributed by atoms with Crippen molar-refractivity contribution in [2.24, 2.45) is 0 Å². The largest absolute Gasteiger partial charge is 0.495 e. The Bertz CT molecular complexity index is 1390. The Morgan fingerprint density at radius 1 is 0.917 bits per heavy atom. The normalized spacial score (nSPS) is 11.8. The standard InChI is InChI=1S/C28H25ClO7/c1-16(30)23-24(33-2)21-14-15-35-25(21)27(34-3)26(23)36-22(28(31)32)13-6-17-4-7-18(8-5-17)19-9-11-20(29)12-10-19/h4-5,7-12,14-15,22H,6,13H2,1-3H3,(H,31,32). The summed E-state index contributed by atoms with van der Waals surface area (Å²) in [4.78, 5) is 24.7. The van der Waals surface area contributed by atoms with Crippen molar-refractivity contribution in [1.82, 2.24) is 0 Å². The van der Waals surface area contributed by atoms with E-state index in [-0.39, 0.29) is 35.0 Å². The van der Waals surface area contributed by atoms with Crippen LogP contribution in [0.4, 0.5) is 0 Å². The van der Waals surface area contributed by atoms with Crippen LogP contribution in [0.1, 0.15) is 29.3 Å². The molecule has 1 heterocycles. The van der Waals surface area contributed by atoms with Crippen molar-refractivity contribution < 1.29 is 33.3 Å². The van der Waals surface area contributed by atoms with Crippen LogP contribution in [0.15, 0.2) is 65.3 Å². The Hall–Kier alpha value is -3.97. The van der Waals surface area contributed by atoms with E-state index in [0.717, 1.165) is 16.7 Å². The van der Waals surface area contributed by atoms with Crippen LogP contribution in [-0.4, -0.2) is 37.2 Å². The smallest absolute Gasteiger partial charge is 0.344 e. The van der Waals surface area contributed by atoms with Gasteiger partial charge >= 0.3 is 5.97 Å². The summed E-state index contributed by atoms with van der Waals surface area (Å²) in [5.41, 5.74) is 3.40. The summed E-state index contributed by atoms with van der Waals surface area (Å²) < 4.78 is 22.4. The molecular formula is C28H25ClO7. The zero-order valence-corrected chi connectivity index (χ0v) is 20.8. The maximum Gasteiger partial charge on any atom is 0.344 e. The topological polar surface area (TPSA) is 95.2 Å². The first-order valence-corrected chi connectivity index (χ1v) is 11.6. The lowest BCUT2D eigenvalue weighted by molar-refractivity contribution is -0.145. The van der Waals surface area contributed by atoms with E-state index in [1.54, 1.807) is 6.07 Å². The van der Waals surface area contributed by atoms with Gasteiger partial charge in [-0.05, 0) is 54.7 Å². The Kier molecular flexibility index (Phi) is 7.50. The summed E-state index contributed by atoms with van der Waals surface area (Å²) in [7, 11) is 2.82. The summed E-state index contributed by atoms with van der Waals surface area (Å²) in [6, 6.07) is 17.0. The molecule has 1 aromatic heterocycles. The molecular weight excluding hydrogens is 484 g/mol. The van der Waals surface area contributed by atoms with E-state index in [1.165, 1.54) is 27.4 Å². The molecule has 3 aromatic carbocycles. The Labute approximate surface area is 213 Å². The van der Waals surface area contributed by atoms with Crippen LogP contribution in [0.25, 0.3) is 22.1 Å². The lowest BCUT2D eigenvalue weighted by atomic mass is 10.0. The van der Waals surface area contributed by atoms with Crippen molar-refractivity contribution >= 4 is 34.3 Å². The number of hydrogen-bond acceptors (Lipinski definition) is 6. The molecule has 0 saturated carbocycles. The summed E-state index contributed by atoms with van der Waals surface area (Å²) in [5.74, 6) is -1.16. The van der Waals surface area contributed by atoms with Crippen molar-refractivity contribution in [3.63, 3.8) is 0 Å². The zero-order chi connectivity index (χ0) is 25.8. The fourth-order valence-electron chi connectivity index (χ4n) is 4.13. The Morgan fingerprint density at radius 3 is 2.08 bits per heavy atom. The number of halogens is 1. The number of Topliss-reactive ketones (excluding diaryl/α,β-unsaturated/α-hetero) is 1. The number of aliphatic carboxylic acids is 1. The second kappa shape index (κ2) is 10.7. The molecule has 4 aromatic rings. The molecule has 1 atom stereocenters. The maximum atomic E-state index is 12.6. The van der Waals surface area contributed by atoms with Crippen molar-refractivity contribution in [2.45, 2.75) is 25.9 Å². The number of carboxylic acids is 1. The molecule has 0 bridgehead atoms. The molecule has 1 unspecified atom stereocenters. The van der Waals surface area contributed by atoms with Crippen LogP contribution in [-0.2, 0) is 11.2 Å². The maximum absolute atomic E-state index is 12.6. The fourth-order valence-corrected chi connectivity index (χ4v) is 4.25. The minimum atomic E-state index is -1.25. The van der Waals surface area contributed by atoms with Gasteiger partial charge in [0.25, 0.3) is 0 Å². The number of carbonyl (C=O) groups excluding carboxylic acids is 1. The number of carboxylic acid groups (broad SMARTS) is 1. The molecule has 1 N–H and O–H groups in total. The molecule has 8 heteroatoms. The van der Waals surface area contributed by atoms with Crippen molar-refractivity contribution in [3.05, 3.63) is 77.0 Å². The highest BCUT2D eigenvalue weighted by molar-refractivity contribution is 6.30. The minimum Gasteiger partial charge on any atom is -0.495 e. The van der Waals surface area contributed by atoms with Crippen LogP contribution in [0.2, 0.25) is 5.02 Å². The van der Waals surface area contributed by atoms with Crippen LogP contribution in [0.5, 0.6) is 17.2 Å². The number of furan rings is 1. The third-order valence-electron chi connectivity index (χ3n) is 5.90. The number of aryl methyl sites for hydroxylation is 1. The second-order valence-electron chi connectivity index (χ2n) is 8.18. The molecule has 0 radical (unpaired) electrons. The third-order valence-corrected chi connectivity index (χ3v) is 6.15. The van der Waals surface area contributed by atoms with E-state index in [2.05, 4.69) is 0 Å². The number of fused-ring (bicyclic) bond motifs is 1. The fraction of sp³-hybridized carbons (Fsp3) is 0.214. The molecule has 0 aliphatic heterocycles. The van der Waals surface area contributed by atoms with Crippen LogP contribution in [0, 0.1) is 0 Å². The molecule has 0 fully saturated rings. The van der Waals surface area contributed by atoms with E-state index >= 15 is 0 Å². The zero-order valence-electron chi connectivity index (χ0n) is 20.0. The van der Waals surface area contributed by atoms with Gasteiger partial charge < -0.3 is 23.7 Å². The van der Waals surface area contributed by atoms with Gasteiger partial charge in [-0.15, -0.1) is 0 Å². The molecule has 7 nitrogen and oxygen atoms in total. The van der Waals surface area contributed by atoms with Gasteiger partial charge in [0, 0.05) is 5.02 Å². The molecule has 0 saturated heterocycles. The Morgan fingerprint density at radius 2 is 1.53 bits per heavy atom. The number of benzene rings is 3. The first-order chi connectivity index (χ1) is 17.3. The van der Waals surface area contributed by atoms with Gasteiger partial charge in [0.15, 0.2) is 23.2 Å². The van der Waals surface area contributed by atoms with Gasteiger partial charge in [0.05, 0.1) is 25.9 Å². The molecule has 0 amide bonds. The van der Waals surface area contributed by atoms with E-state index in [0.29, 0.717) is 22.4 Å². The van der Waals surface area contributed by atoms with E-state index in [1.807, 2.05) is 48.5 Å². The molecule has 36 heavy (non-hydrogen) atoms. The second-order valence-corrected chi connectivity index (χ2v) is 8.61. The van der Waals surface area contributed by atoms with E-state index < -0.39 is 12.1 Å². The lowest BCUT2D eigenvalue weighted by Gasteiger charge is -2.21. The van der Waals surface area contributed by atoms with Crippen molar-refractivity contribution in [2.75, 3.05) is 14.2 Å². The van der Waals surface area contributed by atoms with Gasteiger partial charge in [0.2, 0.25) is 5.75 Å². The average Bonchev–Trinajstić information content (AvgIpc) is 3.35. The monoisotopic (exact) mass is 508 g/mol. The highest BCUT2D eigenvalue weighted by atomic mass is 35.5. The predicted molar refractivity (Wildman–Crippen MR) is 137 cm³/mol. The quantitative estimate of drug-likeness (QED) is 0.246. The minimum absolute atomic E-state index is 0.0187. The predicted octanol–water partition coefficient (Wildman–Crippen LogP) is 6.44. The number of ether oxygens (including phenoxy) is 3. The highest BCUT2D eigenvalue weighted by Crippen LogP contribution is 2.47. The molecule has 4 rings (SSSR count). The van der Waals surface area contributed by atoms with Gasteiger partial charge in [-0.3, -0.25) is 4.79 Å². The molecule has 0 aliphatic carbocycles. The van der Waals surface area contributed by atoms with Gasteiger partial charge in [0.1, 0.15) is 11.3 Å². The number of carbonyl (C=O) groups is 2. The SMILES string of the molecule is COc1c(C(C)=O)c(OC(CCc2ccc(-c3ccc(Cl)cc3)cc2)C(=O)O)c(OC)c2occc12. The van der Waals surface area contributed by atoms with Gasteiger partial charge in [-0.25, -0.2) is 4.79 Å². The number of methoxy groups -OCH3 is 2. The number of hydrogen-bond donors (Lipinski definition) is 1. The van der Waals surface area contributed by atoms with E-state index in [9.17, 15) is 14.7 Å². The summed E-state index contributed by atoms with van der Waals surface area (Å²) in [6.45, 7) is 1.36. The summed E-state index contributed by atoms with van der Waals surface area (Å²) >= 11 is 5.97. The van der Waals surface area contributed by atoms with Crippen molar-refractivity contribution in [1.29, 1.82) is 0 Å². The first-order valence-electron chi connectivity index (χ1n) is 11.2. The molecule has 0 aliphatic rings.